The monoisotopic (exact) mass is 590 g/mol. The Morgan fingerprint density at radius 2 is 1.79 bits per heavy atom. The minimum Gasteiger partial charge on any atom is -0.366 e. The molecule has 0 atom stereocenters. The van der Waals surface area contributed by atoms with Crippen LogP contribution in [0.4, 0.5) is 29.1 Å². The number of nitrogens with zero attached hydrogens (tertiary/aromatic N) is 5. The average Bonchev–Trinajstić information content (AvgIpc) is 3.22. The molecule has 0 radical (unpaired) electrons. The molecule has 0 bridgehead atoms. The van der Waals surface area contributed by atoms with Crippen molar-refractivity contribution in [1.82, 2.24) is 19.7 Å². The fourth-order valence-corrected chi connectivity index (χ4v) is 4.85. The number of hydrogen-bond donors (Lipinski definition) is 1. The van der Waals surface area contributed by atoms with E-state index in [2.05, 4.69) is 31.2 Å². The van der Waals surface area contributed by atoms with Crippen LogP contribution in [0.5, 0.6) is 0 Å². The van der Waals surface area contributed by atoms with Gasteiger partial charge in [-0.05, 0) is 64.8 Å². The lowest BCUT2D eigenvalue weighted by atomic mass is 10.1. The van der Waals surface area contributed by atoms with E-state index in [9.17, 15) is 18.0 Å². The van der Waals surface area contributed by atoms with Gasteiger partial charge in [0.05, 0.1) is 16.9 Å². The van der Waals surface area contributed by atoms with Crippen LogP contribution < -0.4 is 15.1 Å². The van der Waals surface area contributed by atoms with E-state index in [0.29, 0.717) is 60.3 Å². The van der Waals surface area contributed by atoms with Crippen LogP contribution in [0.25, 0.3) is 5.65 Å². The van der Waals surface area contributed by atoms with Crippen molar-refractivity contribution in [3.05, 3.63) is 87.7 Å². The first-order valence-corrected chi connectivity index (χ1v) is 12.6. The second-order valence-electron chi connectivity index (χ2n) is 8.97. The fourth-order valence-electron chi connectivity index (χ4n) is 4.51. The Morgan fingerprint density at radius 3 is 2.45 bits per heavy atom. The van der Waals surface area contributed by atoms with Gasteiger partial charge in [0.1, 0.15) is 23.0 Å². The van der Waals surface area contributed by atoms with Crippen molar-refractivity contribution in [3.8, 4) is 0 Å². The summed E-state index contributed by atoms with van der Waals surface area (Å²) in [6.45, 7) is 3.86. The molecule has 1 saturated heterocycles. The van der Waals surface area contributed by atoms with Crippen LogP contribution in [0.15, 0.2) is 59.3 Å². The maximum Gasteiger partial charge on any atom is 0.417 e. The molecule has 38 heavy (non-hydrogen) atoms. The van der Waals surface area contributed by atoms with Crippen LogP contribution in [0.3, 0.4) is 0 Å². The number of benzene rings is 1. The number of halogens is 5. The smallest absolute Gasteiger partial charge is 0.366 e. The number of anilines is 2. The van der Waals surface area contributed by atoms with Crippen LogP contribution in [-0.2, 0) is 12.7 Å². The van der Waals surface area contributed by atoms with E-state index in [0.717, 1.165) is 16.7 Å². The highest BCUT2D eigenvalue weighted by atomic mass is 79.9. The van der Waals surface area contributed by atoms with Crippen LogP contribution in [0.2, 0.25) is 0 Å². The number of nitrogens with one attached hydrogen (secondary N) is 1. The van der Waals surface area contributed by atoms with E-state index in [1.807, 2.05) is 21.9 Å². The zero-order valence-electron chi connectivity index (χ0n) is 20.3. The molecule has 0 unspecified atom stereocenters. The van der Waals surface area contributed by atoms with E-state index < -0.39 is 17.6 Å². The topological polar surface area (TPSA) is 65.8 Å². The highest BCUT2D eigenvalue weighted by Crippen LogP contribution is 2.30. The third kappa shape index (κ3) is 5.31. The number of rotatable bonds is 5. The molecule has 198 valence electrons. The number of aromatic nitrogens is 3. The number of piperazine rings is 1. The SMILES string of the molecule is Cc1nc2ccc(Br)cn2c1C(=O)NCc1ccc(N2CCN(c3ccc(C(F)(F)F)cn3)CC2)c(F)c1. The lowest BCUT2D eigenvalue weighted by molar-refractivity contribution is -0.137. The molecular weight excluding hydrogens is 568 g/mol. The molecule has 0 aliphatic carbocycles. The summed E-state index contributed by atoms with van der Waals surface area (Å²) in [5.41, 5.74) is 1.91. The van der Waals surface area contributed by atoms with E-state index in [1.54, 1.807) is 29.7 Å². The standard InChI is InChI=1S/C26H23BrF4N6O/c1-16-24(37-15-19(27)4-7-23(37)34-16)25(38)33-13-17-2-5-21(20(28)12-17)35-8-10-36(11-9-35)22-6-3-18(14-32-22)26(29,30)31/h2-7,12,14-15H,8-11,13H2,1H3,(H,33,38). The van der Waals surface area contributed by atoms with Gasteiger partial charge in [-0.1, -0.05) is 6.07 Å². The van der Waals surface area contributed by atoms with Gasteiger partial charge in [0.2, 0.25) is 0 Å². The maximum atomic E-state index is 15.0. The third-order valence-electron chi connectivity index (χ3n) is 6.46. The highest BCUT2D eigenvalue weighted by molar-refractivity contribution is 9.10. The molecule has 4 heterocycles. The number of imidazole rings is 1. The Morgan fingerprint density at radius 1 is 1.05 bits per heavy atom. The Balaban J connectivity index is 1.20. The van der Waals surface area contributed by atoms with Crippen molar-refractivity contribution in [3.63, 3.8) is 0 Å². The first-order valence-electron chi connectivity index (χ1n) is 11.8. The molecule has 5 rings (SSSR count). The van der Waals surface area contributed by atoms with Gasteiger partial charge in [-0.3, -0.25) is 9.20 Å². The van der Waals surface area contributed by atoms with Crippen LogP contribution >= 0.6 is 15.9 Å². The van der Waals surface area contributed by atoms with Gasteiger partial charge in [-0.15, -0.1) is 0 Å². The van der Waals surface area contributed by atoms with Crippen molar-refractivity contribution in [1.29, 1.82) is 0 Å². The Labute approximate surface area is 224 Å². The number of hydrogen-bond acceptors (Lipinski definition) is 5. The third-order valence-corrected chi connectivity index (χ3v) is 6.93. The number of aryl methyl sites for hydroxylation is 1. The number of pyridine rings is 2. The Kier molecular flexibility index (Phi) is 6.99. The summed E-state index contributed by atoms with van der Waals surface area (Å²) in [7, 11) is 0. The second kappa shape index (κ2) is 10.2. The summed E-state index contributed by atoms with van der Waals surface area (Å²) in [6, 6.07) is 10.9. The average molecular weight is 591 g/mol. The number of carbonyl (C=O) groups excluding carboxylic acids is 1. The molecule has 1 amide bonds. The van der Waals surface area contributed by atoms with Crippen molar-refractivity contribution in [2.24, 2.45) is 0 Å². The zero-order chi connectivity index (χ0) is 27.0. The van der Waals surface area contributed by atoms with E-state index in [1.165, 1.54) is 12.1 Å². The maximum absolute atomic E-state index is 15.0. The summed E-state index contributed by atoms with van der Waals surface area (Å²) in [5.74, 6) is -0.267. The molecule has 7 nitrogen and oxygen atoms in total. The normalized spacial score (nSPS) is 14.3. The van der Waals surface area contributed by atoms with Gasteiger partial charge >= 0.3 is 6.18 Å². The zero-order valence-corrected chi connectivity index (χ0v) is 21.9. The van der Waals surface area contributed by atoms with Gasteiger partial charge in [0.15, 0.2) is 0 Å². The summed E-state index contributed by atoms with van der Waals surface area (Å²) in [6.07, 6.45) is -1.83. The van der Waals surface area contributed by atoms with Crippen molar-refractivity contribution >= 4 is 39.0 Å². The van der Waals surface area contributed by atoms with Crippen molar-refractivity contribution in [2.75, 3.05) is 36.0 Å². The van der Waals surface area contributed by atoms with E-state index >= 15 is 4.39 Å². The molecule has 1 fully saturated rings. The lowest BCUT2D eigenvalue weighted by Gasteiger charge is -2.37. The van der Waals surface area contributed by atoms with Gasteiger partial charge in [-0.2, -0.15) is 13.2 Å². The summed E-state index contributed by atoms with van der Waals surface area (Å²) in [4.78, 5) is 25.0. The van der Waals surface area contributed by atoms with Crippen molar-refractivity contribution < 1.29 is 22.4 Å². The first kappa shape index (κ1) is 26.0. The van der Waals surface area contributed by atoms with Gasteiger partial charge < -0.3 is 15.1 Å². The molecule has 12 heteroatoms. The minimum absolute atomic E-state index is 0.143. The number of alkyl halides is 3. The Bertz CT molecular complexity index is 1480. The predicted molar refractivity (Wildman–Crippen MR) is 139 cm³/mol. The van der Waals surface area contributed by atoms with E-state index in [-0.39, 0.29) is 12.5 Å². The lowest BCUT2D eigenvalue weighted by Crippen LogP contribution is -2.47. The predicted octanol–water partition coefficient (Wildman–Crippen LogP) is 5.21. The van der Waals surface area contributed by atoms with Crippen LogP contribution in [0, 0.1) is 12.7 Å². The van der Waals surface area contributed by atoms with Gasteiger partial charge in [-0.25, -0.2) is 14.4 Å². The molecule has 3 aromatic heterocycles. The largest absolute Gasteiger partial charge is 0.417 e. The van der Waals surface area contributed by atoms with Crippen molar-refractivity contribution in [2.45, 2.75) is 19.6 Å². The second-order valence-corrected chi connectivity index (χ2v) is 9.88. The molecule has 1 aliphatic heterocycles. The van der Waals surface area contributed by atoms with Crippen LogP contribution in [-0.4, -0.2) is 46.5 Å². The summed E-state index contributed by atoms with van der Waals surface area (Å²) in [5, 5.41) is 2.84. The molecule has 0 saturated carbocycles. The first-order chi connectivity index (χ1) is 18.1. The minimum atomic E-state index is -4.43. The molecular formula is C26H23BrF4N6O. The summed E-state index contributed by atoms with van der Waals surface area (Å²) >= 11 is 3.40. The molecule has 0 spiro atoms. The highest BCUT2D eigenvalue weighted by Gasteiger charge is 2.31. The van der Waals surface area contributed by atoms with Crippen LogP contribution in [0.1, 0.15) is 27.3 Å². The number of carbonyl (C=O) groups is 1. The number of amides is 1. The molecule has 1 aliphatic rings. The molecule has 4 aromatic rings. The van der Waals surface area contributed by atoms with Gasteiger partial charge in [0.25, 0.3) is 5.91 Å². The molecule has 1 aromatic carbocycles. The van der Waals surface area contributed by atoms with Gasteiger partial charge in [0, 0.05) is 49.6 Å². The number of fused-ring (bicyclic) bond motifs is 1. The molecule has 1 N–H and O–H groups in total. The fraction of sp³-hybridized carbons (Fsp3) is 0.269. The van der Waals surface area contributed by atoms with E-state index in [4.69, 9.17) is 0 Å². The summed E-state index contributed by atoms with van der Waals surface area (Å²) < 4.78 is 55.9. The quantitative estimate of drug-likeness (QED) is 0.323. The Hall–Kier alpha value is -3.67.